The first-order chi connectivity index (χ1) is 16.4. The number of amides is 1. The van der Waals surface area contributed by atoms with Crippen LogP contribution >= 0.6 is 24.0 Å². The molecule has 10 heteroatoms. The summed E-state index contributed by atoms with van der Waals surface area (Å²) in [5, 5.41) is 11.8. The highest BCUT2D eigenvalue weighted by Crippen LogP contribution is 2.40. The van der Waals surface area contributed by atoms with Gasteiger partial charge in [0.1, 0.15) is 12.4 Å². The van der Waals surface area contributed by atoms with Crippen molar-refractivity contribution in [3.63, 3.8) is 0 Å². The number of carbonyl (C=O) groups excluding carboxylic acids is 1. The zero-order valence-electron chi connectivity index (χ0n) is 17.8. The van der Waals surface area contributed by atoms with Crippen molar-refractivity contribution in [2.45, 2.75) is 6.61 Å². The number of halogens is 1. The van der Waals surface area contributed by atoms with Gasteiger partial charge in [-0.15, -0.1) is 0 Å². The Bertz CT molecular complexity index is 1310. The van der Waals surface area contributed by atoms with Crippen molar-refractivity contribution < 1.29 is 23.6 Å². The van der Waals surface area contributed by atoms with Crippen molar-refractivity contribution in [2.24, 2.45) is 0 Å². The number of benzene rings is 3. The Morgan fingerprint density at radius 3 is 2.50 bits per heavy atom. The van der Waals surface area contributed by atoms with Crippen molar-refractivity contribution >= 4 is 51.7 Å². The Balaban J connectivity index is 1.68. The molecule has 1 heterocycles. The molecule has 1 fully saturated rings. The van der Waals surface area contributed by atoms with E-state index >= 15 is 0 Å². The molecule has 1 amide bonds. The van der Waals surface area contributed by atoms with Crippen molar-refractivity contribution in [1.82, 2.24) is 0 Å². The van der Waals surface area contributed by atoms with E-state index in [4.69, 9.17) is 21.7 Å². The van der Waals surface area contributed by atoms with Gasteiger partial charge in [-0.2, -0.15) is 0 Å². The van der Waals surface area contributed by atoms with Gasteiger partial charge in [-0.05, 0) is 29.8 Å². The zero-order chi connectivity index (χ0) is 24.2. The van der Waals surface area contributed by atoms with Crippen LogP contribution in [-0.2, 0) is 11.4 Å². The Morgan fingerprint density at radius 2 is 1.82 bits per heavy atom. The Kier molecular flexibility index (Phi) is 6.90. The molecule has 3 aromatic rings. The molecular formula is C24H17FN2O5S2. The smallest absolute Gasteiger partial charge is 0.280 e. The molecule has 3 aromatic carbocycles. The third-order valence-electron chi connectivity index (χ3n) is 4.92. The van der Waals surface area contributed by atoms with Gasteiger partial charge < -0.3 is 9.47 Å². The molecule has 0 N–H and O–H groups in total. The van der Waals surface area contributed by atoms with Crippen LogP contribution in [0.25, 0.3) is 6.08 Å². The standard InChI is InChI=1S/C24H17FN2O5S2/c1-31-20-11-16(19(27(29)30)13-21(20)32-14-15-7-3-2-4-8-15)12-22-23(28)26(24(33)34-22)18-10-6-5-9-17(18)25/h2-13H,14H2,1H3/b22-12-. The fourth-order valence-corrected chi connectivity index (χ4v) is 4.57. The Hall–Kier alpha value is -3.76. The van der Waals surface area contributed by atoms with E-state index < -0.39 is 16.6 Å². The maximum atomic E-state index is 14.2. The first-order valence-corrected chi connectivity index (χ1v) is 11.2. The summed E-state index contributed by atoms with van der Waals surface area (Å²) in [4.78, 5) is 25.4. The minimum absolute atomic E-state index is 0.0186. The molecule has 34 heavy (non-hydrogen) atoms. The summed E-state index contributed by atoms with van der Waals surface area (Å²) in [5.74, 6) is -0.725. The number of methoxy groups -OCH3 is 1. The second kappa shape index (κ2) is 10.0. The van der Waals surface area contributed by atoms with Crippen molar-refractivity contribution in [1.29, 1.82) is 0 Å². The summed E-state index contributed by atoms with van der Waals surface area (Å²) in [5.41, 5.74) is 0.751. The summed E-state index contributed by atoms with van der Waals surface area (Å²) in [7, 11) is 1.41. The average molecular weight is 497 g/mol. The summed E-state index contributed by atoms with van der Waals surface area (Å²) < 4.78 is 25.5. The van der Waals surface area contributed by atoms with E-state index in [1.807, 2.05) is 30.3 Å². The largest absolute Gasteiger partial charge is 0.493 e. The van der Waals surface area contributed by atoms with Crippen LogP contribution in [-0.4, -0.2) is 22.3 Å². The molecule has 0 aliphatic carbocycles. The molecule has 0 atom stereocenters. The lowest BCUT2D eigenvalue weighted by Gasteiger charge is -2.15. The maximum absolute atomic E-state index is 14.2. The van der Waals surface area contributed by atoms with Gasteiger partial charge in [0.25, 0.3) is 11.6 Å². The highest BCUT2D eigenvalue weighted by atomic mass is 32.2. The normalized spacial score (nSPS) is 14.5. The molecule has 172 valence electrons. The predicted octanol–water partition coefficient (Wildman–Crippen LogP) is 5.73. The van der Waals surface area contributed by atoms with Crippen molar-refractivity contribution in [3.8, 4) is 11.5 Å². The highest BCUT2D eigenvalue weighted by molar-refractivity contribution is 8.27. The topological polar surface area (TPSA) is 81.9 Å². The molecule has 4 rings (SSSR count). The van der Waals surface area contributed by atoms with Crippen LogP contribution in [0.3, 0.4) is 0 Å². The average Bonchev–Trinajstić information content (AvgIpc) is 3.11. The van der Waals surface area contributed by atoms with Crippen LogP contribution in [0, 0.1) is 15.9 Å². The molecule has 0 unspecified atom stereocenters. The van der Waals surface area contributed by atoms with Gasteiger partial charge in [0, 0.05) is 0 Å². The van der Waals surface area contributed by atoms with E-state index in [0.717, 1.165) is 22.2 Å². The molecule has 0 spiro atoms. The van der Waals surface area contributed by atoms with Crippen LogP contribution in [0.1, 0.15) is 11.1 Å². The third-order valence-corrected chi connectivity index (χ3v) is 6.22. The number of nitro benzene ring substituents is 1. The zero-order valence-corrected chi connectivity index (χ0v) is 19.4. The minimum Gasteiger partial charge on any atom is -0.493 e. The van der Waals surface area contributed by atoms with Crippen molar-refractivity contribution in [3.05, 3.63) is 98.7 Å². The quantitative estimate of drug-likeness (QED) is 0.179. The van der Waals surface area contributed by atoms with Crippen LogP contribution in [0.5, 0.6) is 11.5 Å². The summed E-state index contributed by atoms with van der Waals surface area (Å²) in [6.45, 7) is 0.189. The second-order valence-corrected chi connectivity index (χ2v) is 8.74. The molecule has 7 nitrogen and oxygen atoms in total. The van der Waals surface area contributed by atoms with Gasteiger partial charge in [0.05, 0.1) is 34.3 Å². The summed E-state index contributed by atoms with van der Waals surface area (Å²) in [6.07, 6.45) is 1.35. The molecule has 0 radical (unpaired) electrons. The fourth-order valence-electron chi connectivity index (χ4n) is 3.30. The number of anilines is 1. The van der Waals surface area contributed by atoms with E-state index in [2.05, 4.69) is 0 Å². The fraction of sp³-hybridized carbons (Fsp3) is 0.0833. The molecule has 0 saturated carbocycles. The molecular weight excluding hydrogens is 479 g/mol. The second-order valence-electron chi connectivity index (χ2n) is 7.06. The van der Waals surface area contributed by atoms with Gasteiger partial charge in [0.2, 0.25) is 0 Å². The number of nitrogens with zero attached hydrogens (tertiary/aromatic N) is 2. The SMILES string of the molecule is COc1cc(/C=C2\SC(=S)N(c3ccccc3F)C2=O)c([N+](=O)[O-])cc1OCc1ccccc1. The molecule has 1 aliphatic rings. The van der Waals surface area contributed by atoms with Gasteiger partial charge in [0.15, 0.2) is 15.8 Å². The van der Waals surface area contributed by atoms with Gasteiger partial charge >= 0.3 is 0 Å². The third kappa shape index (κ3) is 4.78. The monoisotopic (exact) mass is 496 g/mol. The van der Waals surface area contributed by atoms with E-state index in [0.29, 0.717) is 0 Å². The highest BCUT2D eigenvalue weighted by Gasteiger charge is 2.35. The number of ether oxygens (including phenoxy) is 2. The molecule has 1 aliphatic heterocycles. The molecule has 0 bridgehead atoms. The molecule has 0 aromatic heterocycles. The molecule has 1 saturated heterocycles. The summed E-state index contributed by atoms with van der Waals surface area (Å²) in [6, 6.07) is 17.8. The van der Waals surface area contributed by atoms with Crippen LogP contribution in [0.15, 0.2) is 71.6 Å². The lowest BCUT2D eigenvalue weighted by atomic mass is 10.1. The minimum atomic E-state index is -0.604. The number of rotatable bonds is 7. The summed E-state index contributed by atoms with van der Waals surface area (Å²) >= 11 is 6.20. The van der Waals surface area contributed by atoms with Gasteiger partial charge in [-0.25, -0.2) is 4.39 Å². The number of hydrogen-bond acceptors (Lipinski definition) is 7. The van der Waals surface area contributed by atoms with Gasteiger partial charge in [-0.3, -0.25) is 19.8 Å². The van der Waals surface area contributed by atoms with Crippen LogP contribution in [0.4, 0.5) is 15.8 Å². The predicted molar refractivity (Wildman–Crippen MR) is 132 cm³/mol. The van der Waals surface area contributed by atoms with Gasteiger partial charge in [-0.1, -0.05) is 66.4 Å². The number of hydrogen-bond donors (Lipinski definition) is 0. The van der Waals surface area contributed by atoms with Crippen LogP contribution < -0.4 is 14.4 Å². The first kappa shape index (κ1) is 23.4. The lowest BCUT2D eigenvalue weighted by Crippen LogP contribution is -2.28. The Morgan fingerprint density at radius 1 is 1.12 bits per heavy atom. The van der Waals surface area contributed by atoms with E-state index in [9.17, 15) is 19.3 Å². The van der Waals surface area contributed by atoms with E-state index in [1.165, 1.54) is 43.5 Å². The van der Waals surface area contributed by atoms with Crippen LogP contribution in [0.2, 0.25) is 0 Å². The van der Waals surface area contributed by atoms with E-state index in [-0.39, 0.29) is 44.3 Å². The first-order valence-electron chi connectivity index (χ1n) is 9.94. The van der Waals surface area contributed by atoms with Crippen molar-refractivity contribution in [2.75, 3.05) is 12.0 Å². The number of thioether (sulfide) groups is 1. The van der Waals surface area contributed by atoms with E-state index in [1.54, 1.807) is 6.07 Å². The maximum Gasteiger partial charge on any atom is 0.280 e. The number of para-hydroxylation sites is 1. The number of nitro groups is 1. The lowest BCUT2D eigenvalue weighted by molar-refractivity contribution is -0.385. The number of thiocarbonyl (C=S) groups is 1. The Labute approximate surface area is 203 Å². The number of carbonyl (C=O) groups is 1.